The highest BCUT2D eigenvalue weighted by atomic mass is 15.3. The van der Waals surface area contributed by atoms with Crippen molar-refractivity contribution in [2.45, 2.75) is 31.7 Å². The SMILES string of the molecule is CCC1(CN2CCN(c3ncccn3)CC2)CCCN1. The van der Waals surface area contributed by atoms with Crippen molar-refractivity contribution in [1.29, 1.82) is 0 Å². The lowest BCUT2D eigenvalue weighted by atomic mass is 9.93. The Morgan fingerprint density at radius 2 is 1.95 bits per heavy atom. The van der Waals surface area contributed by atoms with E-state index in [1.807, 2.05) is 18.5 Å². The van der Waals surface area contributed by atoms with Crippen LogP contribution in [0.2, 0.25) is 0 Å². The van der Waals surface area contributed by atoms with Crippen LogP contribution in [0.1, 0.15) is 26.2 Å². The molecule has 2 saturated heterocycles. The maximum absolute atomic E-state index is 4.34. The quantitative estimate of drug-likeness (QED) is 0.892. The van der Waals surface area contributed by atoms with Crippen molar-refractivity contribution in [2.24, 2.45) is 0 Å². The summed E-state index contributed by atoms with van der Waals surface area (Å²) in [5.41, 5.74) is 0.366. The summed E-state index contributed by atoms with van der Waals surface area (Å²) in [6.45, 7) is 8.97. The lowest BCUT2D eigenvalue weighted by Crippen LogP contribution is -2.55. The fourth-order valence-electron chi connectivity index (χ4n) is 3.41. The Morgan fingerprint density at radius 3 is 2.55 bits per heavy atom. The zero-order chi connectivity index (χ0) is 13.8. The summed E-state index contributed by atoms with van der Waals surface area (Å²) in [6, 6.07) is 1.87. The molecule has 110 valence electrons. The fourth-order valence-corrected chi connectivity index (χ4v) is 3.41. The molecule has 1 aromatic heterocycles. The van der Waals surface area contributed by atoms with Crippen molar-refractivity contribution in [3.05, 3.63) is 18.5 Å². The zero-order valence-electron chi connectivity index (χ0n) is 12.4. The lowest BCUT2D eigenvalue weighted by Gasteiger charge is -2.40. The first kappa shape index (κ1) is 13.8. The predicted octanol–water partition coefficient (Wildman–Crippen LogP) is 1.13. The highest BCUT2D eigenvalue weighted by Crippen LogP contribution is 2.24. The largest absolute Gasteiger partial charge is 0.338 e. The molecule has 2 aliphatic rings. The van der Waals surface area contributed by atoms with E-state index < -0.39 is 0 Å². The van der Waals surface area contributed by atoms with Gasteiger partial charge in [-0.05, 0) is 31.9 Å². The first-order chi connectivity index (χ1) is 9.81. The third kappa shape index (κ3) is 2.94. The molecule has 1 unspecified atom stereocenters. The zero-order valence-corrected chi connectivity index (χ0v) is 12.4. The molecule has 0 amide bonds. The second-order valence-electron chi connectivity index (χ2n) is 5.98. The van der Waals surface area contributed by atoms with Crippen LogP contribution >= 0.6 is 0 Å². The number of nitrogens with zero attached hydrogens (tertiary/aromatic N) is 4. The smallest absolute Gasteiger partial charge is 0.225 e. The van der Waals surface area contributed by atoms with Crippen molar-refractivity contribution in [3.8, 4) is 0 Å². The van der Waals surface area contributed by atoms with Gasteiger partial charge in [0.05, 0.1) is 0 Å². The average Bonchev–Trinajstić information content (AvgIpc) is 2.98. The Hall–Kier alpha value is -1.20. The number of nitrogens with one attached hydrogen (secondary N) is 1. The second-order valence-corrected chi connectivity index (χ2v) is 5.98. The summed E-state index contributed by atoms with van der Waals surface area (Å²) < 4.78 is 0. The summed E-state index contributed by atoms with van der Waals surface area (Å²) in [4.78, 5) is 13.6. The second kappa shape index (κ2) is 6.06. The summed E-state index contributed by atoms with van der Waals surface area (Å²) in [6.07, 6.45) is 7.53. The van der Waals surface area contributed by atoms with Crippen molar-refractivity contribution >= 4 is 5.95 Å². The van der Waals surface area contributed by atoms with Gasteiger partial charge in [0.2, 0.25) is 5.95 Å². The van der Waals surface area contributed by atoms with Crippen molar-refractivity contribution in [3.63, 3.8) is 0 Å². The molecule has 2 fully saturated rings. The number of anilines is 1. The number of hydrogen-bond acceptors (Lipinski definition) is 5. The Bertz CT molecular complexity index is 408. The minimum Gasteiger partial charge on any atom is -0.338 e. The van der Waals surface area contributed by atoms with Crippen molar-refractivity contribution in [2.75, 3.05) is 44.2 Å². The van der Waals surface area contributed by atoms with Gasteiger partial charge in [-0.2, -0.15) is 0 Å². The molecule has 20 heavy (non-hydrogen) atoms. The van der Waals surface area contributed by atoms with E-state index in [0.717, 1.165) is 32.1 Å². The normalized spacial score (nSPS) is 27.9. The molecule has 0 radical (unpaired) electrons. The van der Waals surface area contributed by atoms with Crippen LogP contribution in [0.5, 0.6) is 0 Å². The molecule has 0 saturated carbocycles. The standard InChI is InChI=1S/C15H25N5/c1-2-15(5-3-8-18-15)13-19-9-11-20(12-10-19)14-16-6-4-7-17-14/h4,6-7,18H,2-3,5,8-13H2,1H3. The molecule has 5 heteroatoms. The Labute approximate surface area is 121 Å². The number of rotatable bonds is 4. The van der Waals surface area contributed by atoms with E-state index in [4.69, 9.17) is 0 Å². The topological polar surface area (TPSA) is 44.3 Å². The first-order valence-electron chi connectivity index (χ1n) is 7.81. The van der Waals surface area contributed by atoms with E-state index in [2.05, 4.69) is 32.0 Å². The van der Waals surface area contributed by atoms with Gasteiger partial charge in [0.15, 0.2) is 0 Å². The van der Waals surface area contributed by atoms with Gasteiger partial charge in [0, 0.05) is 50.7 Å². The highest BCUT2D eigenvalue weighted by molar-refractivity contribution is 5.29. The summed E-state index contributed by atoms with van der Waals surface area (Å²) in [5, 5.41) is 3.73. The van der Waals surface area contributed by atoms with Crippen LogP contribution < -0.4 is 10.2 Å². The van der Waals surface area contributed by atoms with Gasteiger partial charge in [-0.3, -0.25) is 4.90 Å². The molecule has 3 heterocycles. The summed E-state index contributed by atoms with van der Waals surface area (Å²) >= 11 is 0. The van der Waals surface area contributed by atoms with Crippen LogP contribution in [-0.4, -0.2) is 59.7 Å². The number of piperazine rings is 1. The van der Waals surface area contributed by atoms with Gasteiger partial charge in [-0.1, -0.05) is 6.92 Å². The third-order valence-corrected chi connectivity index (χ3v) is 4.74. The van der Waals surface area contributed by atoms with Gasteiger partial charge >= 0.3 is 0 Å². The van der Waals surface area contributed by atoms with Gasteiger partial charge in [0.1, 0.15) is 0 Å². The van der Waals surface area contributed by atoms with E-state index in [0.29, 0.717) is 5.54 Å². The van der Waals surface area contributed by atoms with Crippen molar-refractivity contribution < 1.29 is 0 Å². The Kier molecular flexibility index (Phi) is 4.17. The van der Waals surface area contributed by atoms with E-state index >= 15 is 0 Å². The average molecular weight is 275 g/mol. The van der Waals surface area contributed by atoms with E-state index in [1.54, 1.807) is 0 Å². The van der Waals surface area contributed by atoms with Gasteiger partial charge in [-0.15, -0.1) is 0 Å². The number of hydrogen-bond donors (Lipinski definition) is 1. The number of aromatic nitrogens is 2. The van der Waals surface area contributed by atoms with Crippen LogP contribution in [0.25, 0.3) is 0 Å². The summed E-state index contributed by atoms with van der Waals surface area (Å²) in [7, 11) is 0. The monoisotopic (exact) mass is 275 g/mol. The van der Waals surface area contributed by atoms with Crippen LogP contribution in [0, 0.1) is 0 Å². The summed E-state index contributed by atoms with van der Waals surface area (Å²) in [5.74, 6) is 0.872. The molecule has 2 aliphatic heterocycles. The van der Waals surface area contributed by atoms with Crippen molar-refractivity contribution in [1.82, 2.24) is 20.2 Å². The lowest BCUT2D eigenvalue weighted by molar-refractivity contribution is 0.179. The fraction of sp³-hybridized carbons (Fsp3) is 0.733. The molecule has 1 atom stereocenters. The van der Waals surface area contributed by atoms with Crippen LogP contribution in [0.4, 0.5) is 5.95 Å². The molecule has 1 aromatic rings. The Balaban J connectivity index is 1.54. The first-order valence-corrected chi connectivity index (χ1v) is 7.81. The van der Waals surface area contributed by atoms with Crippen LogP contribution in [0.3, 0.4) is 0 Å². The molecule has 5 nitrogen and oxygen atoms in total. The van der Waals surface area contributed by atoms with Crippen LogP contribution in [0.15, 0.2) is 18.5 Å². The predicted molar refractivity (Wildman–Crippen MR) is 80.9 cm³/mol. The minimum atomic E-state index is 0.366. The Morgan fingerprint density at radius 1 is 1.20 bits per heavy atom. The maximum atomic E-state index is 4.34. The van der Waals surface area contributed by atoms with Crippen LogP contribution in [-0.2, 0) is 0 Å². The van der Waals surface area contributed by atoms with Gasteiger partial charge in [-0.25, -0.2) is 9.97 Å². The molecule has 0 aliphatic carbocycles. The van der Waals surface area contributed by atoms with E-state index in [1.165, 1.54) is 32.4 Å². The molecular weight excluding hydrogens is 250 g/mol. The van der Waals surface area contributed by atoms with Gasteiger partial charge in [0.25, 0.3) is 0 Å². The van der Waals surface area contributed by atoms with Gasteiger partial charge < -0.3 is 10.2 Å². The highest BCUT2D eigenvalue weighted by Gasteiger charge is 2.34. The molecule has 3 rings (SSSR count). The molecular formula is C15H25N5. The third-order valence-electron chi connectivity index (χ3n) is 4.74. The van der Waals surface area contributed by atoms with E-state index in [9.17, 15) is 0 Å². The molecule has 1 N–H and O–H groups in total. The molecule has 0 bridgehead atoms. The minimum absolute atomic E-state index is 0.366. The molecule has 0 spiro atoms. The molecule has 0 aromatic carbocycles. The van der Waals surface area contributed by atoms with E-state index in [-0.39, 0.29) is 0 Å². The maximum Gasteiger partial charge on any atom is 0.225 e.